The first-order chi connectivity index (χ1) is 12.5. The molecule has 0 amide bonds. The summed E-state index contributed by atoms with van der Waals surface area (Å²) in [6, 6.07) is 8.36. The van der Waals surface area contributed by atoms with E-state index < -0.39 is 5.79 Å². The van der Waals surface area contributed by atoms with Crippen molar-refractivity contribution in [2.75, 3.05) is 44.3 Å². The summed E-state index contributed by atoms with van der Waals surface area (Å²) in [7, 11) is 0. The molecule has 2 saturated heterocycles. The van der Waals surface area contributed by atoms with E-state index in [1.54, 1.807) is 0 Å². The fourth-order valence-electron chi connectivity index (χ4n) is 3.65. The van der Waals surface area contributed by atoms with Crippen LogP contribution in [0, 0.1) is 0 Å². The van der Waals surface area contributed by atoms with Crippen LogP contribution < -0.4 is 9.64 Å². The minimum Gasteiger partial charge on any atom is -0.491 e. The van der Waals surface area contributed by atoms with Crippen molar-refractivity contribution in [3.05, 3.63) is 36.5 Å². The number of benzene rings is 1. The van der Waals surface area contributed by atoms with Gasteiger partial charge in [0.15, 0.2) is 5.79 Å². The number of anilines is 1. The average molecular weight is 360 g/mol. The Morgan fingerprint density at radius 1 is 1.23 bits per heavy atom. The van der Waals surface area contributed by atoms with Crippen molar-refractivity contribution in [2.45, 2.75) is 45.5 Å². The normalized spacial score (nSPS) is 26.2. The highest BCUT2D eigenvalue weighted by molar-refractivity contribution is 5.49. The molecule has 0 spiro atoms. The lowest BCUT2D eigenvalue weighted by atomic mass is 10.2. The average Bonchev–Trinajstić information content (AvgIpc) is 3.02. The van der Waals surface area contributed by atoms with Gasteiger partial charge in [-0.05, 0) is 38.1 Å². The molecule has 0 aromatic heterocycles. The SMILES string of the molecule is C=C(C)N1CCN(c2ccc(OCC3COC(C)(CCC)O3)cc2)CC1. The highest BCUT2D eigenvalue weighted by atomic mass is 16.7. The van der Waals surface area contributed by atoms with Crippen molar-refractivity contribution in [3.8, 4) is 5.75 Å². The van der Waals surface area contributed by atoms with E-state index >= 15 is 0 Å². The Kier molecular flexibility index (Phi) is 6.09. The van der Waals surface area contributed by atoms with Gasteiger partial charge in [0.1, 0.15) is 18.5 Å². The molecule has 2 aliphatic rings. The van der Waals surface area contributed by atoms with Crippen LogP contribution in [0.5, 0.6) is 5.75 Å². The molecule has 0 radical (unpaired) electrons. The Hall–Kier alpha value is -1.72. The maximum absolute atomic E-state index is 5.99. The molecule has 1 aromatic carbocycles. The van der Waals surface area contributed by atoms with Crippen molar-refractivity contribution >= 4 is 5.69 Å². The van der Waals surface area contributed by atoms with Gasteiger partial charge in [0.25, 0.3) is 0 Å². The highest BCUT2D eigenvalue weighted by Gasteiger charge is 2.36. The first-order valence-corrected chi connectivity index (χ1v) is 9.69. The van der Waals surface area contributed by atoms with Crippen LogP contribution in [0.3, 0.4) is 0 Å². The molecule has 1 aromatic rings. The number of hydrogen-bond acceptors (Lipinski definition) is 5. The van der Waals surface area contributed by atoms with Crippen LogP contribution in [0.15, 0.2) is 36.5 Å². The second-order valence-electron chi connectivity index (χ2n) is 7.45. The summed E-state index contributed by atoms with van der Waals surface area (Å²) in [6.45, 7) is 15.5. The first-order valence-electron chi connectivity index (χ1n) is 9.69. The smallest absolute Gasteiger partial charge is 0.166 e. The second kappa shape index (κ2) is 8.31. The molecule has 2 fully saturated rings. The van der Waals surface area contributed by atoms with Crippen molar-refractivity contribution in [1.29, 1.82) is 0 Å². The number of rotatable bonds is 7. The van der Waals surface area contributed by atoms with Crippen LogP contribution >= 0.6 is 0 Å². The molecule has 3 rings (SSSR count). The van der Waals surface area contributed by atoms with E-state index in [4.69, 9.17) is 14.2 Å². The van der Waals surface area contributed by atoms with E-state index in [0.717, 1.165) is 50.5 Å². The molecule has 26 heavy (non-hydrogen) atoms. The van der Waals surface area contributed by atoms with Crippen molar-refractivity contribution in [2.24, 2.45) is 0 Å². The highest BCUT2D eigenvalue weighted by Crippen LogP contribution is 2.28. The van der Waals surface area contributed by atoms with Gasteiger partial charge in [0.05, 0.1) is 6.61 Å². The first kappa shape index (κ1) is 19.1. The van der Waals surface area contributed by atoms with Crippen LogP contribution in [-0.2, 0) is 9.47 Å². The van der Waals surface area contributed by atoms with E-state index in [9.17, 15) is 0 Å². The lowest BCUT2D eigenvalue weighted by Gasteiger charge is -2.37. The standard InChI is InChI=1S/C21H32N2O3/c1-5-10-21(4)25-16-20(26-21)15-24-19-8-6-18(7-9-19)23-13-11-22(12-14-23)17(2)3/h6-9,20H,2,5,10-16H2,1,3-4H3. The molecule has 0 aliphatic carbocycles. The molecular weight excluding hydrogens is 328 g/mol. The van der Waals surface area contributed by atoms with Gasteiger partial charge in [0, 0.05) is 44.0 Å². The molecule has 5 nitrogen and oxygen atoms in total. The van der Waals surface area contributed by atoms with Gasteiger partial charge < -0.3 is 24.0 Å². The summed E-state index contributed by atoms with van der Waals surface area (Å²) in [5, 5.41) is 0. The molecule has 0 saturated carbocycles. The Morgan fingerprint density at radius 2 is 1.92 bits per heavy atom. The zero-order chi connectivity index (χ0) is 18.6. The second-order valence-corrected chi connectivity index (χ2v) is 7.45. The zero-order valence-corrected chi connectivity index (χ0v) is 16.4. The molecule has 5 heteroatoms. The predicted molar refractivity (Wildman–Crippen MR) is 105 cm³/mol. The van der Waals surface area contributed by atoms with Crippen LogP contribution in [0.1, 0.15) is 33.6 Å². The van der Waals surface area contributed by atoms with Crippen molar-refractivity contribution in [3.63, 3.8) is 0 Å². The molecular formula is C21H32N2O3. The molecule has 2 heterocycles. The summed E-state index contributed by atoms with van der Waals surface area (Å²) in [5.74, 6) is 0.431. The lowest BCUT2D eigenvalue weighted by Crippen LogP contribution is -2.45. The third-order valence-electron chi connectivity index (χ3n) is 5.15. The Labute approximate surface area is 157 Å². The number of hydrogen-bond donors (Lipinski definition) is 0. The fourth-order valence-corrected chi connectivity index (χ4v) is 3.65. The molecule has 2 atom stereocenters. The topological polar surface area (TPSA) is 34.2 Å². The largest absolute Gasteiger partial charge is 0.491 e. The van der Waals surface area contributed by atoms with E-state index in [2.05, 4.69) is 42.4 Å². The summed E-state index contributed by atoms with van der Waals surface area (Å²) in [4.78, 5) is 4.75. The maximum atomic E-state index is 5.99. The monoisotopic (exact) mass is 360 g/mol. The van der Waals surface area contributed by atoms with Crippen LogP contribution in [0.2, 0.25) is 0 Å². The van der Waals surface area contributed by atoms with E-state index in [1.165, 1.54) is 5.69 Å². The quantitative estimate of drug-likeness (QED) is 0.741. The maximum Gasteiger partial charge on any atom is 0.166 e. The van der Waals surface area contributed by atoms with Gasteiger partial charge in [-0.2, -0.15) is 0 Å². The molecule has 2 unspecified atom stereocenters. The third-order valence-corrected chi connectivity index (χ3v) is 5.15. The van der Waals surface area contributed by atoms with Gasteiger partial charge in [-0.3, -0.25) is 0 Å². The van der Waals surface area contributed by atoms with Gasteiger partial charge in [0.2, 0.25) is 0 Å². The number of ether oxygens (including phenoxy) is 3. The molecule has 2 aliphatic heterocycles. The zero-order valence-electron chi connectivity index (χ0n) is 16.4. The van der Waals surface area contributed by atoms with Crippen molar-refractivity contribution < 1.29 is 14.2 Å². The predicted octanol–water partition coefficient (Wildman–Crippen LogP) is 3.65. The van der Waals surface area contributed by atoms with Gasteiger partial charge in [-0.1, -0.05) is 19.9 Å². The lowest BCUT2D eigenvalue weighted by molar-refractivity contribution is -0.161. The summed E-state index contributed by atoms with van der Waals surface area (Å²) in [6.07, 6.45) is 1.96. The number of allylic oxidation sites excluding steroid dienone is 1. The van der Waals surface area contributed by atoms with Gasteiger partial charge in [-0.15, -0.1) is 0 Å². The number of nitrogens with zero attached hydrogens (tertiary/aromatic N) is 2. The van der Waals surface area contributed by atoms with Gasteiger partial charge in [-0.25, -0.2) is 0 Å². The Bertz CT molecular complexity index is 596. The summed E-state index contributed by atoms with van der Waals surface area (Å²) in [5.41, 5.74) is 2.40. The fraction of sp³-hybridized carbons (Fsp3) is 0.619. The Balaban J connectivity index is 1.46. The molecule has 0 bridgehead atoms. The summed E-state index contributed by atoms with van der Waals surface area (Å²) < 4.78 is 17.7. The van der Waals surface area contributed by atoms with Crippen LogP contribution in [0.25, 0.3) is 0 Å². The van der Waals surface area contributed by atoms with Gasteiger partial charge >= 0.3 is 0 Å². The minimum absolute atomic E-state index is 0.00134. The van der Waals surface area contributed by atoms with Crippen molar-refractivity contribution in [1.82, 2.24) is 4.90 Å². The minimum atomic E-state index is -0.446. The third kappa shape index (κ3) is 4.71. The van der Waals surface area contributed by atoms with E-state index in [-0.39, 0.29) is 6.10 Å². The number of piperazine rings is 1. The molecule has 0 N–H and O–H groups in total. The van der Waals surface area contributed by atoms with Crippen LogP contribution in [0.4, 0.5) is 5.69 Å². The van der Waals surface area contributed by atoms with Crippen LogP contribution in [-0.4, -0.2) is 56.2 Å². The Morgan fingerprint density at radius 3 is 2.54 bits per heavy atom. The van der Waals surface area contributed by atoms with E-state index in [0.29, 0.717) is 13.2 Å². The molecule has 144 valence electrons. The summed E-state index contributed by atoms with van der Waals surface area (Å²) >= 11 is 0. The van der Waals surface area contributed by atoms with E-state index in [1.807, 2.05) is 19.1 Å².